The lowest BCUT2D eigenvalue weighted by Crippen LogP contribution is -2.35. The van der Waals surface area contributed by atoms with Crippen LogP contribution in [0.15, 0.2) is 12.3 Å². The largest absolute Gasteiger partial charge is 0.378 e. The van der Waals surface area contributed by atoms with E-state index in [0.717, 1.165) is 13.0 Å². The summed E-state index contributed by atoms with van der Waals surface area (Å²) in [6.07, 6.45) is 2.86. The highest BCUT2D eigenvalue weighted by Gasteiger charge is 2.30. The Balaban J connectivity index is 1.86. The Kier molecular flexibility index (Phi) is 4.30. The minimum Gasteiger partial charge on any atom is -0.378 e. The summed E-state index contributed by atoms with van der Waals surface area (Å²) in [4.78, 5) is 14.7. The van der Waals surface area contributed by atoms with E-state index in [4.69, 9.17) is 16.3 Å². The van der Waals surface area contributed by atoms with Crippen LogP contribution in [0.4, 0.5) is 0 Å². The summed E-state index contributed by atoms with van der Waals surface area (Å²) in [5, 5.41) is 3.48. The summed E-state index contributed by atoms with van der Waals surface area (Å²) in [7, 11) is 0. The molecule has 0 spiro atoms. The Hall–Kier alpha value is -1.00. The molecule has 1 aliphatic rings. The van der Waals surface area contributed by atoms with E-state index in [1.165, 1.54) is 0 Å². The van der Waals surface area contributed by atoms with Gasteiger partial charge in [-0.2, -0.15) is 0 Å². The van der Waals surface area contributed by atoms with Gasteiger partial charge in [0.15, 0.2) is 0 Å². The molecule has 0 aromatic carbocycles. The smallest absolute Gasteiger partial charge is 0.267 e. The molecule has 4 nitrogen and oxygen atoms in total. The Bertz CT molecular complexity index is 417. The second-order valence-corrected chi connectivity index (χ2v) is 5.51. The van der Waals surface area contributed by atoms with Crippen LogP contribution in [-0.4, -0.2) is 30.1 Å². The number of carbonyl (C=O) groups is 1. The first-order valence-electron chi connectivity index (χ1n) is 6.31. The SMILES string of the molecule is CC(C)[C@H]1OCC[C@@H]1CNC(=O)c1cc(Cl)c[nH]1. The van der Waals surface area contributed by atoms with Gasteiger partial charge in [-0.1, -0.05) is 25.4 Å². The molecule has 0 aliphatic carbocycles. The standard InChI is InChI=1S/C13H19ClN2O2/c1-8(2)12-9(3-4-18-12)6-16-13(17)11-5-10(14)7-15-11/h5,7-9,12,15H,3-4,6H2,1-2H3,(H,16,17)/t9-,12-/m1/s1. The number of H-pyrrole nitrogens is 1. The summed E-state index contributed by atoms with van der Waals surface area (Å²) in [6, 6.07) is 1.63. The van der Waals surface area contributed by atoms with Crippen LogP contribution < -0.4 is 5.32 Å². The van der Waals surface area contributed by atoms with E-state index in [9.17, 15) is 4.79 Å². The second kappa shape index (κ2) is 5.76. The molecule has 1 aliphatic heterocycles. The fraction of sp³-hybridized carbons (Fsp3) is 0.615. The quantitative estimate of drug-likeness (QED) is 0.883. The van der Waals surface area contributed by atoms with Gasteiger partial charge in [0.25, 0.3) is 5.91 Å². The molecule has 2 atom stereocenters. The molecule has 5 heteroatoms. The van der Waals surface area contributed by atoms with Crippen molar-refractivity contribution in [3.8, 4) is 0 Å². The van der Waals surface area contributed by atoms with Crippen LogP contribution in [-0.2, 0) is 4.74 Å². The third-order valence-corrected chi connectivity index (χ3v) is 3.56. The number of aromatic amines is 1. The van der Waals surface area contributed by atoms with Gasteiger partial charge in [-0.25, -0.2) is 0 Å². The van der Waals surface area contributed by atoms with Crippen LogP contribution in [0.5, 0.6) is 0 Å². The van der Waals surface area contributed by atoms with Crippen LogP contribution in [0.1, 0.15) is 30.8 Å². The van der Waals surface area contributed by atoms with Crippen molar-refractivity contribution in [3.63, 3.8) is 0 Å². The monoisotopic (exact) mass is 270 g/mol. The van der Waals surface area contributed by atoms with E-state index < -0.39 is 0 Å². The third-order valence-electron chi connectivity index (χ3n) is 3.34. The first-order valence-corrected chi connectivity index (χ1v) is 6.69. The summed E-state index contributed by atoms with van der Waals surface area (Å²) in [6.45, 7) is 5.74. The second-order valence-electron chi connectivity index (χ2n) is 5.07. The number of nitrogens with one attached hydrogen (secondary N) is 2. The molecule has 1 fully saturated rings. The lowest BCUT2D eigenvalue weighted by Gasteiger charge is -2.22. The topological polar surface area (TPSA) is 54.1 Å². The van der Waals surface area contributed by atoms with E-state index in [2.05, 4.69) is 24.1 Å². The van der Waals surface area contributed by atoms with E-state index in [1.54, 1.807) is 12.3 Å². The van der Waals surface area contributed by atoms with Gasteiger partial charge >= 0.3 is 0 Å². The number of carbonyl (C=O) groups excluding carboxylic acids is 1. The molecule has 1 aromatic rings. The van der Waals surface area contributed by atoms with Gasteiger partial charge in [-0.05, 0) is 18.4 Å². The van der Waals surface area contributed by atoms with Crippen molar-refractivity contribution in [3.05, 3.63) is 23.0 Å². The van der Waals surface area contributed by atoms with Crippen molar-refractivity contribution in [2.45, 2.75) is 26.4 Å². The average molecular weight is 271 g/mol. The van der Waals surface area contributed by atoms with E-state index in [1.807, 2.05) is 0 Å². The van der Waals surface area contributed by atoms with Gasteiger partial charge in [0.2, 0.25) is 0 Å². The van der Waals surface area contributed by atoms with Crippen LogP contribution in [0.25, 0.3) is 0 Å². The Morgan fingerprint density at radius 3 is 3.06 bits per heavy atom. The zero-order valence-corrected chi connectivity index (χ0v) is 11.5. The lowest BCUT2D eigenvalue weighted by molar-refractivity contribution is 0.0533. The maximum absolute atomic E-state index is 11.8. The maximum atomic E-state index is 11.8. The molecule has 0 bridgehead atoms. The van der Waals surface area contributed by atoms with Crippen molar-refractivity contribution in [1.29, 1.82) is 0 Å². The minimum atomic E-state index is -0.115. The van der Waals surface area contributed by atoms with Gasteiger partial charge in [-0.3, -0.25) is 4.79 Å². The van der Waals surface area contributed by atoms with E-state index >= 15 is 0 Å². The maximum Gasteiger partial charge on any atom is 0.267 e. The van der Waals surface area contributed by atoms with Crippen molar-refractivity contribution in [1.82, 2.24) is 10.3 Å². The molecule has 1 aromatic heterocycles. The number of rotatable bonds is 4. The number of halogens is 1. The molecule has 2 N–H and O–H groups in total. The van der Waals surface area contributed by atoms with Crippen LogP contribution in [0.3, 0.4) is 0 Å². The fourth-order valence-corrected chi connectivity index (χ4v) is 2.59. The Morgan fingerprint density at radius 1 is 1.67 bits per heavy atom. The molecule has 0 unspecified atom stereocenters. The van der Waals surface area contributed by atoms with Crippen molar-refractivity contribution in [2.24, 2.45) is 11.8 Å². The van der Waals surface area contributed by atoms with Crippen LogP contribution >= 0.6 is 11.6 Å². The van der Waals surface area contributed by atoms with Crippen molar-refractivity contribution in [2.75, 3.05) is 13.2 Å². The summed E-state index contributed by atoms with van der Waals surface area (Å²) >= 11 is 5.77. The fourth-order valence-electron chi connectivity index (χ4n) is 2.43. The predicted molar refractivity (Wildman–Crippen MR) is 70.8 cm³/mol. The van der Waals surface area contributed by atoms with Gasteiger partial charge < -0.3 is 15.0 Å². The lowest BCUT2D eigenvalue weighted by atomic mass is 9.93. The first kappa shape index (κ1) is 13.4. The highest BCUT2D eigenvalue weighted by atomic mass is 35.5. The van der Waals surface area contributed by atoms with Crippen molar-refractivity contribution < 1.29 is 9.53 Å². The zero-order valence-electron chi connectivity index (χ0n) is 10.7. The molecule has 2 rings (SSSR count). The molecule has 1 saturated heterocycles. The number of hydrogen-bond acceptors (Lipinski definition) is 2. The number of ether oxygens (including phenoxy) is 1. The number of aromatic nitrogens is 1. The van der Waals surface area contributed by atoms with Gasteiger partial charge in [-0.15, -0.1) is 0 Å². The molecule has 100 valence electrons. The van der Waals surface area contributed by atoms with Crippen LogP contribution in [0, 0.1) is 11.8 Å². The summed E-state index contributed by atoms with van der Waals surface area (Å²) < 4.78 is 5.69. The molecular weight excluding hydrogens is 252 g/mol. The number of hydrogen-bond donors (Lipinski definition) is 2. The predicted octanol–water partition coefficient (Wildman–Crippen LogP) is 2.46. The van der Waals surface area contributed by atoms with E-state index in [-0.39, 0.29) is 12.0 Å². The molecule has 18 heavy (non-hydrogen) atoms. The molecule has 0 radical (unpaired) electrons. The third kappa shape index (κ3) is 3.06. The molecule has 2 heterocycles. The van der Waals surface area contributed by atoms with Gasteiger partial charge in [0.05, 0.1) is 11.1 Å². The highest BCUT2D eigenvalue weighted by Crippen LogP contribution is 2.26. The summed E-state index contributed by atoms with van der Waals surface area (Å²) in [5.74, 6) is 0.769. The molecule has 1 amide bonds. The molecule has 0 saturated carbocycles. The first-order chi connectivity index (χ1) is 8.58. The van der Waals surface area contributed by atoms with Crippen LogP contribution in [0.2, 0.25) is 5.02 Å². The van der Waals surface area contributed by atoms with E-state index in [0.29, 0.717) is 29.1 Å². The van der Waals surface area contributed by atoms with Crippen molar-refractivity contribution >= 4 is 17.5 Å². The zero-order chi connectivity index (χ0) is 13.1. The minimum absolute atomic E-state index is 0.115. The number of amides is 1. The Labute approximate surface area is 112 Å². The summed E-state index contributed by atoms with van der Waals surface area (Å²) in [5.41, 5.74) is 0.500. The average Bonchev–Trinajstić information content (AvgIpc) is 2.94. The normalized spacial score (nSPS) is 23.6. The van der Waals surface area contributed by atoms with Gasteiger partial charge in [0, 0.05) is 25.3 Å². The molecular formula is C13H19ClN2O2. The van der Waals surface area contributed by atoms with Gasteiger partial charge in [0.1, 0.15) is 5.69 Å². The Morgan fingerprint density at radius 2 is 2.44 bits per heavy atom. The highest BCUT2D eigenvalue weighted by molar-refractivity contribution is 6.30.